The molecular formula is C14H15N3OS. The van der Waals surface area contributed by atoms with Gasteiger partial charge in [-0.3, -0.25) is 4.79 Å². The van der Waals surface area contributed by atoms with Crippen LogP contribution in [0.2, 0.25) is 0 Å². The van der Waals surface area contributed by atoms with Gasteiger partial charge >= 0.3 is 0 Å². The number of aryl methyl sites for hydroxylation is 1. The first-order valence-electron chi connectivity index (χ1n) is 5.94. The highest BCUT2D eigenvalue weighted by Gasteiger charge is 2.02. The number of carbonyl (C=O) groups excluding carboxylic acids is 1. The Morgan fingerprint density at radius 2 is 2.00 bits per heavy atom. The first-order valence-corrected chi connectivity index (χ1v) is 6.92. The molecule has 0 aliphatic rings. The molecule has 0 radical (unpaired) electrons. The highest BCUT2D eigenvalue weighted by atomic mass is 32.2. The van der Waals surface area contributed by atoms with Crippen LogP contribution in [0.3, 0.4) is 0 Å². The van der Waals surface area contributed by atoms with E-state index in [-0.39, 0.29) is 5.91 Å². The van der Waals surface area contributed by atoms with Gasteiger partial charge in [-0.1, -0.05) is 36.0 Å². The maximum Gasteiger partial charge on any atom is 0.222 e. The fourth-order valence-corrected chi connectivity index (χ4v) is 2.46. The molecular weight excluding hydrogens is 258 g/mol. The second-order valence-electron chi connectivity index (χ2n) is 4.15. The van der Waals surface area contributed by atoms with Crippen LogP contribution >= 0.6 is 11.8 Å². The smallest absolute Gasteiger partial charge is 0.222 e. The number of rotatable bonds is 4. The van der Waals surface area contributed by atoms with Gasteiger partial charge in [0, 0.05) is 12.7 Å². The van der Waals surface area contributed by atoms with Crippen LogP contribution < -0.4 is 5.32 Å². The summed E-state index contributed by atoms with van der Waals surface area (Å²) >= 11 is 1.63. The van der Waals surface area contributed by atoms with Crippen LogP contribution in [0.1, 0.15) is 18.1 Å². The fourth-order valence-electron chi connectivity index (χ4n) is 1.57. The lowest BCUT2D eigenvalue weighted by atomic mass is 10.1. The molecule has 0 spiro atoms. The summed E-state index contributed by atoms with van der Waals surface area (Å²) in [5, 5.41) is 11.5. The molecule has 0 atom stereocenters. The van der Waals surface area contributed by atoms with E-state index in [1.54, 1.807) is 17.8 Å². The van der Waals surface area contributed by atoms with Gasteiger partial charge in [-0.15, -0.1) is 10.2 Å². The SMILES string of the molecule is CC(=O)Nc1ccc(SCc2ccccc2C)nn1. The normalized spacial score (nSPS) is 10.2. The highest BCUT2D eigenvalue weighted by molar-refractivity contribution is 7.98. The number of amides is 1. The molecule has 2 rings (SSSR count). The number of anilines is 1. The van der Waals surface area contributed by atoms with Gasteiger partial charge in [-0.2, -0.15) is 0 Å². The van der Waals surface area contributed by atoms with E-state index in [4.69, 9.17) is 0 Å². The summed E-state index contributed by atoms with van der Waals surface area (Å²) in [6.45, 7) is 3.55. The maximum atomic E-state index is 10.9. The summed E-state index contributed by atoms with van der Waals surface area (Å²) in [4.78, 5) is 10.9. The molecule has 2 aromatic rings. The average molecular weight is 273 g/mol. The second-order valence-corrected chi connectivity index (χ2v) is 5.15. The zero-order valence-corrected chi connectivity index (χ0v) is 11.7. The second kappa shape index (κ2) is 6.33. The van der Waals surface area contributed by atoms with Crippen LogP contribution in [-0.2, 0) is 10.5 Å². The van der Waals surface area contributed by atoms with E-state index < -0.39 is 0 Å². The standard InChI is InChI=1S/C14H15N3OS/c1-10-5-3-4-6-12(10)9-19-14-8-7-13(16-17-14)15-11(2)18/h3-8H,9H2,1-2H3,(H,15,16,18). The molecule has 0 bridgehead atoms. The van der Waals surface area contributed by atoms with Gasteiger partial charge in [0.25, 0.3) is 0 Å². The van der Waals surface area contributed by atoms with Crippen LogP contribution in [0.5, 0.6) is 0 Å². The molecule has 0 aliphatic heterocycles. The Hall–Kier alpha value is -1.88. The summed E-state index contributed by atoms with van der Waals surface area (Å²) in [6.07, 6.45) is 0. The van der Waals surface area contributed by atoms with Gasteiger partial charge in [0.1, 0.15) is 5.03 Å². The minimum atomic E-state index is -0.144. The highest BCUT2D eigenvalue weighted by Crippen LogP contribution is 2.22. The molecule has 98 valence electrons. The molecule has 0 fully saturated rings. The monoisotopic (exact) mass is 273 g/mol. The van der Waals surface area contributed by atoms with E-state index in [0.29, 0.717) is 5.82 Å². The van der Waals surface area contributed by atoms with Gasteiger partial charge < -0.3 is 5.32 Å². The van der Waals surface area contributed by atoms with Crippen molar-refractivity contribution >= 4 is 23.5 Å². The van der Waals surface area contributed by atoms with Crippen molar-refractivity contribution in [1.82, 2.24) is 10.2 Å². The van der Waals surface area contributed by atoms with Gasteiger partial charge in [0.15, 0.2) is 5.82 Å². The minimum absolute atomic E-state index is 0.144. The summed E-state index contributed by atoms with van der Waals surface area (Å²) in [6, 6.07) is 11.9. The lowest BCUT2D eigenvalue weighted by Crippen LogP contribution is -2.07. The van der Waals surface area contributed by atoms with Crippen molar-refractivity contribution in [3.05, 3.63) is 47.5 Å². The summed E-state index contributed by atoms with van der Waals surface area (Å²) < 4.78 is 0. The van der Waals surface area contributed by atoms with Crippen LogP contribution in [0.25, 0.3) is 0 Å². The summed E-state index contributed by atoms with van der Waals surface area (Å²) in [7, 11) is 0. The van der Waals surface area contributed by atoms with Crippen LogP contribution in [0.4, 0.5) is 5.82 Å². The fraction of sp³-hybridized carbons (Fsp3) is 0.214. The van der Waals surface area contributed by atoms with Crippen molar-refractivity contribution in [3.8, 4) is 0 Å². The maximum absolute atomic E-state index is 10.9. The number of hydrogen-bond acceptors (Lipinski definition) is 4. The molecule has 19 heavy (non-hydrogen) atoms. The largest absolute Gasteiger partial charge is 0.309 e. The first-order chi connectivity index (χ1) is 9.15. The Balaban J connectivity index is 1.97. The van der Waals surface area contributed by atoms with Crippen molar-refractivity contribution in [2.24, 2.45) is 0 Å². The van der Waals surface area contributed by atoms with Gasteiger partial charge in [-0.25, -0.2) is 0 Å². The quantitative estimate of drug-likeness (QED) is 0.870. The lowest BCUT2D eigenvalue weighted by Gasteiger charge is -2.05. The predicted molar refractivity (Wildman–Crippen MR) is 77.1 cm³/mol. The predicted octanol–water partition coefficient (Wildman–Crippen LogP) is 3.04. The number of nitrogens with one attached hydrogen (secondary N) is 1. The van der Waals surface area contributed by atoms with E-state index >= 15 is 0 Å². The molecule has 1 amide bonds. The Morgan fingerprint density at radius 1 is 1.21 bits per heavy atom. The molecule has 0 saturated carbocycles. The molecule has 5 heteroatoms. The Kier molecular flexibility index (Phi) is 4.52. The molecule has 1 aromatic carbocycles. The third-order valence-electron chi connectivity index (χ3n) is 2.58. The summed E-state index contributed by atoms with van der Waals surface area (Å²) in [5.41, 5.74) is 2.57. The van der Waals surface area contributed by atoms with Crippen LogP contribution in [0.15, 0.2) is 41.4 Å². The molecule has 0 unspecified atom stereocenters. The van der Waals surface area contributed by atoms with Crippen molar-refractivity contribution in [2.45, 2.75) is 24.6 Å². The topological polar surface area (TPSA) is 54.9 Å². The van der Waals surface area contributed by atoms with E-state index in [2.05, 4.69) is 34.6 Å². The first kappa shape index (κ1) is 13.5. The van der Waals surface area contributed by atoms with E-state index in [1.807, 2.05) is 18.2 Å². The molecule has 1 N–H and O–H groups in total. The number of benzene rings is 1. The zero-order valence-electron chi connectivity index (χ0n) is 10.9. The number of hydrogen-bond donors (Lipinski definition) is 1. The molecule has 0 aliphatic carbocycles. The Labute approximate surface area is 116 Å². The third-order valence-corrected chi connectivity index (χ3v) is 3.55. The number of carbonyl (C=O) groups is 1. The zero-order chi connectivity index (χ0) is 13.7. The lowest BCUT2D eigenvalue weighted by molar-refractivity contribution is -0.114. The van der Waals surface area contributed by atoms with E-state index in [9.17, 15) is 4.79 Å². The van der Waals surface area contributed by atoms with Crippen LogP contribution in [0, 0.1) is 6.92 Å². The molecule has 0 saturated heterocycles. The van der Waals surface area contributed by atoms with Gasteiger partial charge in [0.05, 0.1) is 0 Å². The molecule has 1 heterocycles. The van der Waals surface area contributed by atoms with Crippen molar-refractivity contribution in [3.63, 3.8) is 0 Å². The third kappa shape index (κ3) is 4.06. The number of thioether (sulfide) groups is 1. The number of nitrogens with zero attached hydrogens (tertiary/aromatic N) is 2. The Bertz CT molecular complexity index is 569. The number of aromatic nitrogens is 2. The molecule has 1 aromatic heterocycles. The van der Waals surface area contributed by atoms with Crippen molar-refractivity contribution in [1.29, 1.82) is 0 Å². The van der Waals surface area contributed by atoms with Gasteiger partial charge in [0.2, 0.25) is 5.91 Å². The van der Waals surface area contributed by atoms with Crippen molar-refractivity contribution < 1.29 is 4.79 Å². The van der Waals surface area contributed by atoms with Crippen LogP contribution in [-0.4, -0.2) is 16.1 Å². The van der Waals surface area contributed by atoms with Gasteiger partial charge in [-0.05, 0) is 30.2 Å². The van der Waals surface area contributed by atoms with E-state index in [1.165, 1.54) is 18.1 Å². The minimum Gasteiger partial charge on any atom is -0.309 e. The Morgan fingerprint density at radius 3 is 2.63 bits per heavy atom. The molecule has 4 nitrogen and oxygen atoms in total. The average Bonchev–Trinajstić information content (AvgIpc) is 2.39. The summed E-state index contributed by atoms with van der Waals surface area (Å²) in [5.74, 6) is 1.20. The van der Waals surface area contributed by atoms with E-state index in [0.717, 1.165) is 10.8 Å². The van der Waals surface area contributed by atoms with Crippen molar-refractivity contribution in [2.75, 3.05) is 5.32 Å².